The summed E-state index contributed by atoms with van der Waals surface area (Å²) in [7, 11) is 0. The van der Waals surface area contributed by atoms with Gasteiger partial charge in [-0.25, -0.2) is 0 Å². The molecule has 0 heterocycles. The first-order chi connectivity index (χ1) is 8.15. The lowest BCUT2D eigenvalue weighted by molar-refractivity contribution is 0.917. The Balaban J connectivity index is 2.17. The lowest BCUT2D eigenvalue weighted by atomic mass is 10.0. The highest BCUT2D eigenvalue weighted by molar-refractivity contribution is 9.10. The van der Waals surface area contributed by atoms with Crippen LogP contribution in [0, 0.1) is 6.92 Å². The van der Waals surface area contributed by atoms with Crippen LogP contribution < -0.4 is 0 Å². The summed E-state index contributed by atoms with van der Waals surface area (Å²) >= 11 is 9.97. The maximum atomic E-state index is 6.46. The minimum Gasteiger partial charge on any atom is -0.117 e. The van der Waals surface area contributed by atoms with Gasteiger partial charge in [0.25, 0.3) is 0 Å². The van der Waals surface area contributed by atoms with Crippen LogP contribution in [0.25, 0.3) is 0 Å². The van der Waals surface area contributed by atoms with Crippen molar-refractivity contribution in [3.63, 3.8) is 0 Å². The van der Waals surface area contributed by atoms with E-state index in [1.807, 2.05) is 18.2 Å². The van der Waals surface area contributed by atoms with E-state index >= 15 is 0 Å². The number of aryl methyl sites for hydroxylation is 1. The highest BCUT2D eigenvalue weighted by atomic mass is 79.9. The summed E-state index contributed by atoms with van der Waals surface area (Å²) in [6, 6.07) is 16.7. The average Bonchev–Trinajstić information content (AvgIpc) is 2.29. The minimum absolute atomic E-state index is 0.0219. The van der Waals surface area contributed by atoms with Crippen LogP contribution in [0.1, 0.15) is 22.1 Å². The van der Waals surface area contributed by atoms with E-state index in [0.29, 0.717) is 0 Å². The first-order valence-electron chi connectivity index (χ1n) is 5.60. The lowest BCUT2D eigenvalue weighted by Crippen LogP contribution is -1.96. The molecule has 88 valence electrons. The zero-order chi connectivity index (χ0) is 12.3. The molecule has 1 unspecified atom stereocenters. The second-order valence-corrected chi connectivity index (χ2v) is 5.66. The second kappa shape index (κ2) is 5.70. The van der Waals surface area contributed by atoms with Crippen LogP contribution in [-0.2, 0) is 6.42 Å². The Morgan fingerprint density at radius 1 is 1.12 bits per heavy atom. The number of hydrogen-bond acceptors (Lipinski definition) is 0. The Hall–Kier alpha value is -0.790. The van der Waals surface area contributed by atoms with E-state index in [0.717, 1.165) is 10.9 Å². The molecule has 0 bridgehead atoms. The predicted molar refractivity (Wildman–Crippen MR) is 77.6 cm³/mol. The van der Waals surface area contributed by atoms with Gasteiger partial charge in [0.2, 0.25) is 0 Å². The number of halogens is 2. The van der Waals surface area contributed by atoms with E-state index in [4.69, 9.17) is 11.6 Å². The molecule has 2 aromatic carbocycles. The van der Waals surface area contributed by atoms with Crippen molar-refractivity contribution in [3.05, 3.63) is 69.7 Å². The van der Waals surface area contributed by atoms with E-state index in [1.165, 1.54) is 16.7 Å². The van der Waals surface area contributed by atoms with Crippen LogP contribution in [0.4, 0.5) is 0 Å². The van der Waals surface area contributed by atoms with Gasteiger partial charge in [0.1, 0.15) is 0 Å². The molecule has 0 aromatic heterocycles. The predicted octanol–water partition coefficient (Wildman–Crippen LogP) is 5.28. The molecular weight excluding hydrogens is 296 g/mol. The fourth-order valence-electron chi connectivity index (χ4n) is 1.88. The first kappa shape index (κ1) is 12.7. The van der Waals surface area contributed by atoms with Crippen molar-refractivity contribution in [2.75, 3.05) is 0 Å². The van der Waals surface area contributed by atoms with Gasteiger partial charge in [-0.2, -0.15) is 0 Å². The zero-order valence-electron chi connectivity index (χ0n) is 9.66. The van der Waals surface area contributed by atoms with Crippen LogP contribution in [0.5, 0.6) is 0 Å². The van der Waals surface area contributed by atoms with Crippen LogP contribution >= 0.6 is 27.5 Å². The topological polar surface area (TPSA) is 0 Å². The van der Waals surface area contributed by atoms with E-state index in [-0.39, 0.29) is 5.38 Å². The third-order valence-corrected chi connectivity index (χ3v) is 3.55. The Morgan fingerprint density at radius 2 is 1.82 bits per heavy atom. The van der Waals surface area contributed by atoms with Gasteiger partial charge in [-0.1, -0.05) is 52.3 Å². The summed E-state index contributed by atoms with van der Waals surface area (Å²) in [5.74, 6) is 0. The van der Waals surface area contributed by atoms with E-state index < -0.39 is 0 Å². The average molecular weight is 310 g/mol. The molecule has 0 fully saturated rings. The van der Waals surface area contributed by atoms with E-state index in [1.54, 1.807) is 0 Å². The molecule has 0 aliphatic heterocycles. The highest BCUT2D eigenvalue weighted by Crippen LogP contribution is 2.28. The second-order valence-electron chi connectivity index (χ2n) is 4.22. The molecule has 0 amide bonds. The smallest absolute Gasteiger partial charge is 0.0626 e. The number of benzene rings is 2. The zero-order valence-corrected chi connectivity index (χ0v) is 12.0. The van der Waals surface area contributed by atoms with Crippen LogP contribution in [0.15, 0.2) is 53.0 Å². The van der Waals surface area contributed by atoms with Crippen molar-refractivity contribution in [1.82, 2.24) is 0 Å². The first-order valence-corrected chi connectivity index (χ1v) is 6.83. The third kappa shape index (κ3) is 3.58. The largest absolute Gasteiger partial charge is 0.117 e. The molecule has 0 nitrogen and oxygen atoms in total. The third-order valence-electron chi connectivity index (χ3n) is 2.68. The molecule has 0 aliphatic carbocycles. The molecule has 0 saturated carbocycles. The lowest BCUT2D eigenvalue weighted by Gasteiger charge is -2.11. The van der Waals surface area contributed by atoms with Crippen molar-refractivity contribution < 1.29 is 0 Å². The van der Waals surface area contributed by atoms with Gasteiger partial charge in [0, 0.05) is 4.47 Å². The molecule has 2 heteroatoms. The van der Waals surface area contributed by atoms with Gasteiger partial charge in [0.15, 0.2) is 0 Å². The van der Waals surface area contributed by atoms with Crippen molar-refractivity contribution in [2.45, 2.75) is 18.7 Å². The molecular formula is C15H14BrCl. The van der Waals surface area contributed by atoms with Crippen LogP contribution in [0.3, 0.4) is 0 Å². The molecule has 2 rings (SSSR count). The summed E-state index contributed by atoms with van der Waals surface area (Å²) < 4.78 is 1.09. The molecule has 0 saturated heterocycles. The molecule has 0 spiro atoms. The summed E-state index contributed by atoms with van der Waals surface area (Å²) in [6.07, 6.45) is 0.859. The summed E-state index contributed by atoms with van der Waals surface area (Å²) in [6.45, 7) is 2.08. The highest BCUT2D eigenvalue weighted by Gasteiger charge is 2.09. The summed E-state index contributed by atoms with van der Waals surface area (Å²) in [5.41, 5.74) is 3.67. The van der Waals surface area contributed by atoms with E-state index in [2.05, 4.69) is 53.2 Å². The standard InChI is InChI=1S/C15H14BrCl/c1-11-7-13(10-14(16)8-11)15(17)9-12-5-3-2-4-6-12/h2-8,10,15H,9H2,1H3. The van der Waals surface area contributed by atoms with Gasteiger partial charge in [-0.05, 0) is 42.2 Å². The molecule has 0 radical (unpaired) electrons. The summed E-state index contributed by atoms with van der Waals surface area (Å²) in [4.78, 5) is 0. The van der Waals surface area contributed by atoms with Crippen molar-refractivity contribution in [3.8, 4) is 0 Å². The maximum absolute atomic E-state index is 6.46. The van der Waals surface area contributed by atoms with Gasteiger partial charge in [-0.3, -0.25) is 0 Å². The number of hydrogen-bond donors (Lipinski definition) is 0. The van der Waals surface area contributed by atoms with E-state index in [9.17, 15) is 0 Å². The van der Waals surface area contributed by atoms with Gasteiger partial charge >= 0.3 is 0 Å². The van der Waals surface area contributed by atoms with Crippen molar-refractivity contribution in [2.24, 2.45) is 0 Å². The number of alkyl halides is 1. The number of rotatable bonds is 3. The van der Waals surface area contributed by atoms with Crippen LogP contribution in [-0.4, -0.2) is 0 Å². The molecule has 2 aromatic rings. The SMILES string of the molecule is Cc1cc(Br)cc(C(Cl)Cc2ccccc2)c1. The Morgan fingerprint density at radius 3 is 2.47 bits per heavy atom. The Kier molecular flexibility index (Phi) is 4.25. The molecule has 0 N–H and O–H groups in total. The fourth-order valence-corrected chi connectivity index (χ4v) is 2.81. The van der Waals surface area contributed by atoms with Gasteiger partial charge in [0.05, 0.1) is 5.38 Å². The molecule has 0 aliphatic rings. The van der Waals surface area contributed by atoms with Gasteiger partial charge in [-0.15, -0.1) is 11.6 Å². The Labute approximate surface area is 116 Å². The fraction of sp³-hybridized carbons (Fsp3) is 0.200. The van der Waals surface area contributed by atoms with Crippen LogP contribution in [0.2, 0.25) is 0 Å². The maximum Gasteiger partial charge on any atom is 0.0626 e. The molecule has 17 heavy (non-hydrogen) atoms. The van der Waals surface area contributed by atoms with Crippen molar-refractivity contribution in [1.29, 1.82) is 0 Å². The normalized spacial score (nSPS) is 12.4. The molecule has 1 atom stereocenters. The minimum atomic E-state index is 0.0219. The monoisotopic (exact) mass is 308 g/mol. The Bertz CT molecular complexity index is 473. The summed E-state index contributed by atoms with van der Waals surface area (Å²) in [5, 5.41) is 0.0219. The van der Waals surface area contributed by atoms with Gasteiger partial charge < -0.3 is 0 Å². The quantitative estimate of drug-likeness (QED) is 0.677. The van der Waals surface area contributed by atoms with Crippen molar-refractivity contribution >= 4 is 27.5 Å².